The van der Waals surface area contributed by atoms with E-state index in [-0.39, 0.29) is 23.5 Å². The van der Waals surface area contributed by atoms with Crippen LogP contribution in [0.15, 0.2) is 70.8 Å². The van der Waals surface area contributed by atoms with Crippen molar-refractivity contribution in [3.63, 3.8) is 0 Å². The van der Waals surface area contributed by atoms with Crippen LogP contribution in [0.2, 0.25) is 0 Å². The van der Waals surface area contributed by atoms with Gasteiger partial charge in [0, 0.05) is 35.5 Å². The number of carbonyl (C=O) groups excluding carboxylic acids is 1. The standard InChI is InChI=1S/C39H50N4O6S/c44-34-15-13-32(33-14-16-37(46)41-38(33)34)35(45)25-40-19-6-4-2-1-3-5-7-22-48-30-11-8-10-29(24-30)43(26-31-12-9-23-50-31)39(47)49-36-27-42-20-17-28(36)18-21-42/h8-16,23-24,28,35-36,40,44-45H,1-7,17-22,25-27H2,(H,41,46)/t35-,36-/m0/s1. The zero-order valence-electron chi connectivity index (χ0n) is 28.7. The number of aliphatic hydroxyl groups is 1. The van der Waals surface area contributed by atoms with E-state index in [4.69, 9.17) is 9.47 Å². The van der Waals surface area contributed by atoms with E-state index in [1.54, 1.807) is 28.4 Å². The molecular weight excluding hydrogens is 653 g/mol. The highest BCUT2D eigenvalue weighted by Gasteiger charge is 2.37. The number of hydrogen-bond acceptors (Lipinski definition) is 9. The van der Waals surface area contributed by atoms with Crippen molar-refractivity contribution in [2.45, 2.75) is 76.5 Å². The van der Waals surface area contributed by atoms with Crippen molar-refractivity contribution in [1.82, 2.24) is 15.2 Å². The minimum absolute atomic E-state index is 0.00829. The van der Waals surface area contributed by atoms with Crippen LogP contribution in [0, 0.1) is 5.92 Å². The summed E-state index contributed by atoms with van der Waals surface area (Å²) in [5, 5.41) is 26.8. The van der Waals surface area contributed by atoms with Crippen LogP contribution in [0.5, 0.6) is 11.5 Å². The number of pyridine rings is 1. The number of ether oxygens (including phenoxy) is 2. The summed E-state index contributed by atoms with van der Waals surface area (Å²) in [5.41, 5.74) is 1.52. The first-order valence-corrected chi connectivity index (χ1v) is 19.0. The highest BCUT2D eigenvalue weighted by atomic mass is 32.1. The highest BCUT2D eigenvalue weighted by Crippen LogP contribution is 2.32. The molecule has 0 aliphatic carbocycles. The summed E-state index contributed by atoms with van der Waals surface area (Å²) in [5.74, 6) is 1.21. The molecule has 11 heteroatoms. The van der Waals surface area contributed by atoms with Gasteiger partial charge in [-0.05, 0) is 92.5 Å². The van der Waals surface area contributed by atoms with E-state index in [9.17, 15) is 19.8 Å². The van der Waals surface area contributed by atoms with Gasteiger partial charge in [-0.3, -0.25) is 14.6 Å². The largest absolute Gasteiger partial charge is 0.506 e. The quantitative estimate of drug-likeness (QED) is 0.0820. The molecule has 0 unspecified atom stereocenters. The number of nitrogens with zero attached hydrogens (tertiary/aromatic N) is 2. The normalized spacial score (nSPS) is 19.0. The lowest BCUT2D eigenvalue weighted by Gasteiger charge is -2.44. The molecule has 7 rings (SSSR count). The topological polar surface area (TPSA) is 127 Å². The maximum atomic E-state index is 13.5. The number of thiophene rings is 1. The number of aliphatic hydroxyl groups excluding tert-OH is 1. The molecule has 2 atom stereocenters. The summed E-state index contributed by atoms with van der Waals surface area (Å²) in [7, 11) is 0. The Kier molecular flexibility index (Phi) is 12.8. The molecular formula is C39H50N4O6S. The molecule has 3 fully saturated rings. The minimum Gasteiger partial charge on any atom is -0.506 e. The molecule has 3 aliphatic heterocycles. The lowest BCUT2D eigenvalue weighted by Crippen LogP contribution is -2.53. The molecule has 10 nitrogen and oxygen atoms in total. The van der Waals surface area contributed by atoms with Gasteiger partial charge in [-0.1, -0.05) is 50.3 Å². The van der Waals surface area contributed by atoms with E-state index in [2.05, 4.69) is 21.3 Å². The van der Waals surface area contributed by atoms with Gasteiger partial charge in [0.1, 0.15) is 17.6 Å². The average molecular weight is 703 g/mol. The number of unbranched alkanes of at least 4 members (excludes halogenated alkanes) is 6. The smallest absolute Gasteiger partial charge is 0.414 e. The van der Waals surface area contributed by atoms with E-state index in [0.29, 0.717) is 42.1 Å². The van der Waals surface area contributed by atoms with Gasteiger partial charge < -0.3 is 30.0 Å². The summed E-state index contributed by atoms with van der Waals surface area (Å²) >= 11 is 1.64. The van der Waals surface area contributed by atoms with Gasteiger partial charge in [-0.2, -0.15) is 0 Å². The molecule has 268 valence electrons. The zero-order chi connectivity index (χ0) is 34.7. The van der Waals surface area contributed by atoms with Gasteiger partial charge in [0.2, 0.25) is 5.56 Å². The minimum atomic E-state index is -0.741. The van der Waals surface area contributed by atoms with Crippen LogP contribution in [0.25, 0.3) is 10.9 Å². The summed E-state index contributed by atoms with van der Waals surface area (Å²) in [6.07, 6.45) is 8.87. The Morgan fingerprint density at radius 2 is 1.80 bits per heavy atom. The van der Waals surface area contributed by atoms with Gasteiger partial charge in [-0.25, -0.2) is 4.79 Å². The van der Waals surface area contributed by atoms with E-state index in [1.165, 1.54) is 25.0 Å². The Bertz CT molecular complexity index is 1720. The number of benzene rings is 2. The SMILES string of the molecule is O=C(O[C@H]1CN2CCC1CC2)N(Cc1cccs1)c1cccc(OCCCCCCCCCNC[C@H](O)c2ccc(O)c3[nH]c(=O)ccc23)c1. The van der Waals surface area contributed by atoms with E-state index < -0.39 is 6.10 Å². The van der Waals surface area contributed by atoms with Crippen molar-refractivity contribution in [2.24, 2.45) is 5.92 Å². The van der Waals surface area contributed by atoms with Crippen LogP contribution in [-0.2, 0) is 11.3 Å². The number of phenols is 1. The van der Waals surface area contributed by atoms with E-state index in [1.807, 2.05) is 35.7 Å². The molecule has 3 saturated heterocycles. The Hall–Kier alpha value is -3.90. The molecule has 2 aromatic carbocycles. The van der Waals surface area contributed by atoms with Crippen molar-refractivity contribution in [1.29, 1.82) is 0 Å². The predicted octanol–water partition coefficient (Wildman–Crippen LogP) is 6.97. The van der Waals surface area contributed by atoms with Crippen molar-refractivity contribution in [3.8, 4) is 11.5 Å². The van der Waals surface area contributed by atoms with Gasteiger partial charge in [-0.15, -0.1) is 11.3 Å². The van der Waals surface area contributed by atoms with Crippen molar-refractivity contribution >= 4 is 34.0 Å². The summed E-state index contributed by atoms with van der Waals surface area (Å²) < 4.78 is 12.2. The first-order chi connectivity index (χ1) is 24.4. The number of anilines is 1. The number of aromatic nitrogens is 1. The Morgan fingerprint density at radius 1 is 1.00 bits per heavy atom. The molecule has 5 heterocycles. The van der Waals surface area contributed by atoms with Gasteiger partial charge in [0.25, 0.3) is 0 Å². The van der Waals surface area contributed by atoms with Crippen LogP contribution >= 0.6 is 11.3 Å². The number of carbonyl (C=O) groups is 1. The molecule has 0 radical (unpaired) electrons. The lowest BCUT2D eigenvalue weighted by atomic mass is 9.86. The molecule has 2 bridgehead atoms. The maximum Gasteiger partial charge on any atom is 0.414 e. The Labute approximate surface area is 298 Å². The maximum absolute atomic E-state index is 13.5. The second-order valence-electron chi connectivity index (χ2n) is 13.6. The molecule has 4 N–H and O–H groups in total. The fourth-order valence-corrected chi connectivity index (χ4v) is 7.82. The third-order valence-electron chi connectivity index (χ3n) is 9.96. The van der Waals surface area contributed by atoms with Gasteiger partial charge in [0.05, 0.1) is 30.5 Å². The number of aromatic hydroxyl groups is 1. The van der Waals surface area contributed by atoms with Crippen LogP contribution in [-0.4, -0.2) is 71.6 Å². The molecule has 0 spiro atoms. The van der Waals surface area contributed by atoms with Crippen LogP contribution in [0.1, 0.15) is 74.3 Å². The number of amides is 1. The number of aromatic amines is 1. The first-order valence-electron chi connectivity index (χ1n) is 18.1. The number of rotatable bonds is 18. The van der Waals surface area contributed by atoms with Gasteiger partial charge in [0.15, 0.2) is 0 Å². The fraction of sp³-hybridized carbons (Fsp3) is 0.487. The molecule has 0 saturated carbocycles. The molecule has 3 aliphatic rings. The summed E-state index contributed by atoms with van der Waals surface area (Å²) in [6.45, 7) is 5.38. The number of hydrogen-bond donors (Lipinski definition) is 4. The van der Waals surface area contributed by atoms with Crippen molar-refractivity contribution in [2.75, 3.05) is 44.2 Å². The van der Waals surface area contributed by atoms with Crippen LogP contribution in [0.3, 0.4) is 0 Å². The van der Waals surface area contributed by atoms with E-state index in [0.717, 1.165) is 87.4 Å². The molecule has 4 aromatic rings. The van der Waals surface area contributed by atoms with Crippen LogP contribution in [0.4, 0.5) is 10.5 Å². The third kappa shape index (κ3) is 9.66. The number of fused-ring (bicyclic) bond motifs is 4. The molecule has 1 amide bonds. The second-order valence-corrected chi connectivity index (χ2v) is 14.6. The molecule has 50 heavy (non-hydrogen) atoms. The number of nitrogens with one attached hydrogen (secondary N) is 2. The zero-order valence-corrected chi connectivity index (χ0v) is 29.5. The number of phenolic OH excluding ortho intramolecular Hbond substituents is 1. The first kappa shape index (κ1) is 35.9. The predicted molar refractivity (Wildman–Crippen MR) is 198 cm³/mol. The second kappa shape index (κ2) is 17.8. The molecule has 2 aromatic heterocycles. The Balaban J connectivity index is 0.859. The lowest BCUT2D eigenvalue weighted by molar-refractivity contribution is -0.0311. The summed E-state index contributed by atoms with van der Waals surface area (Å²) in [6, 6.07) is 18.1. The summed E-state index contributed by atoms with van der Waals surface area (Å²) in [4.78, 5) is 33.1. The van der Waals surface area contributed by atoms with Crippen LogP contribution < -0.4 is 20.5 Å². The van der Waals surface area contributed by atoms with Crippen molar-refractivity contribution in [3.05, 3.63) is 86.8 Å². The Morgan fingerprint density at radius 3 is 2.56 bits per heavy atom. The van der Waals surface area contributed by atoms with Crippen molar-refractivity contribution < 1.29 is 24.5 Å². The monoisotopic (exact) mass is 702 g/mol. The average Bonchev–Trinajstić information content (AvgIpc) is 3.65. The number of H-pyrrole nitrogens is 1. The third-order valence-corrected chi connectivity index (χ3v) is 10.8. The number of piperidine rings is 3. The van der Waals surface area contributed by atoms with E-state index >= 15 is 0 Å². The van der Waals surface area contributed by atoms with Gasteiger partial charge >= 0.3 is 6.09 Å². The fourth-order valence-electron chi connectivity index (χ4n) is 7.12. The highest BCUT2D eigenvalue weighted by molar-refractivity contribution is 7.09.